The van der Waals surface area contributed by atoms with Crippen molar-refractivity contribution in [2.75, 3.05) is 27.2 Å². The molecule has 1 aliphatic heterocycles. The van der Waals surface area contributed by atoms with Gasteiger partial charge in [0.1, 0.15) is 0 Å². The van der Waals surface area contributed by atoms with Crippen molar-refractivity contribution < 1.29 is 4.79 Å². The van der Waals surface area contributed by atoms with Crippen molar-refractivity contribution in [1.82, 2.24) is 15.2 Å². The van der Waals surface area contributed by atoms with Gasteiger partial charge in [-0.2, -0.15) is 0 Å². The Hall–Kier alpha value is -1.78. The molecule has 0 fully saturated rings. The second-order valence-electron chi connectivity index (χ2n) is 5.93. The maximum atomic E-state index is 11.3. The molecule has 2 aromatic rings. The van der Waals surface area contributed by atoms with Crippen LogP contribution in [0.15, 0.2) is 24.4 Å². The fourth-order valence-electron chi connectivity index (χ4n) is 2.80. The fourth-order valence-corrected chi connectivity index (χ4v) is 3.20. The number of hydrogen-bond donors (Lipinski definition) is 2. The number of halogens is 1. The number of nitrogens with one attached hydrogen (secondary N) is 2. The quantitative estimate of drug-likeness (QED) is 0.911. The molecule has 1 aromatic carbocycles. The third-order valence-corrected chi connectivity index (χ3v) is 4.44. The van der Waals surface area contributed by atoms with Crippen LogP contribution in [0.25, 0.3) is 16.5 Å². The lowest BCUT2D eigenvalue weighted by atomic mass is 9.99. The molecule has 116 valence electrons. The molecule has 0 atom stereocenters. The molecule has 1 aromatic heterocycles. The number of benzene rings is 1. The van der Waals surface area contributed by atoms with Gasteiger partial charge in [-0.25, -0.2) is 0 Å². The molecule has 5 heteroatoms. The van der Waals surface area contributed by atoms with Gasteiger partial charge >= 0.3 is 0 Å². The first-order valence-electron chi connectivity index (χ1n) is 7.45. The van der Waals surface area contributed by atoms with E-state index in [1.165, 1.54) is 5.56 Å². The van der Waals surface area contributed by atoms with E-state index in [0.29, 0.717) is 13.0 Å². The molecule has 22 heavy (non-hydrogen) atoms. The minimum absolute atomic E-state index is 0.0641. The third-order valence-electron chi connectivity index (χ3n) is 4.05. The number of fused-ring (bicyclic) bond motifs is 1. The SMILES string of the molecule is CN(C)CCc1c[nH]c2ccc(C3=CCC(=O)NC3)c(Cl)c12. The van der Waals surface area contributed by atoms with E-state index in [9.17, 15) is 4.79 Å². The smallest absolute Gasteiger partial charge is 0.224 e. The number of nitrogens with zero attached hydrogens (tertiary/aromatic N) is 1. The molecule has 0 radical (unpaired) electrons. The second kappa shape index (κ2) is 6.15. The first-order chi connectivity index (χ1) is 10.6. The lowest BCUT2D eigenvalue weighted by Crippen LogP contribution is -2.28. The Bertz CT molecular complexity index is 746. The number of aromatic amines is 1. The van der Waals surface area contributed by atoms with E-state index < -0.39 is 0 Å². The van der Waals surface area contributed by atoms with Crippen LogP contribution < -0.4 is 5.32 Å². The van der Waals surface area contributed by atoms with E-state index in [2.05, 4.69) is 35.4 Å². The summed E-state index contributed by atoms with van der Waals surface area (Å²) in [5.41, 5.74) is 4.39. The predicted molar refractivity (Wildman–Crippen MR) is 91.2 cm³/mol. The van der Waals surface area contributed by atoms with Crippen LogP contribution in [0.4, 0.5) is 0 Å². The number of hydrogen-bond acceptors (Lipinski definition) is 2. The number of rotatable bonds is 4. The van der Waals surface area contributed by atoms with E-state index in [4.69, 9.17) is 11.6 Å². The van der Waals surface area contributed by atoms with Crippen LogP contribution in [0, 0.1) is 0 Å². The van der Waals surface area contributed by atoms with Gasteiger partial charge in [0.05, 0.1) is 5.02 Å². The Morgan fingerprint density at radius 2 is 2.14 bits per heavy atom. The lowest BCUT2D eigenvalue weighted by molar-refractivity contribution is -0.120. The van der Waals surface area contributed by atoms with Gasteiger partial charge in [0.25, 0.3) is 0 Å². The van der Waals surface area contributed by atoms with E-state index in [0.717, 1.165) is 40.0 Å². The molecule has 2 N–H and O–H groups in total. The largest absolute Gasteiger partial charge is 0.361 e. The van der Waals surface area contributed by atoms with Crippen molar-refractivity contribution in [1.29, 1.82) is 0 Å². The standard InChI is InChI=1S/C17H20ClN3O/c1-21(2)8-7-12-10-19-14-5-4-13(17(18)16(12)14)11-3-6-15(22)20-9-11/h3-5,10,19H,6-9H2,1-2H3,(H,20,22). The minimum atomic E-state index is 0.0641. The number of H-pyrrole nitrogens is 1. The van der Waals surface area contributed by atoms with Crippen LogP contribution in [0.2, 0.25) is 5.02 Å². The van der Waals surface area contributed by atoms with Gasteiger partial charge in [0.15, 0.2) is 0 Å². The monoisotopic (exact) mass is 317 g/mol. The Morgan fingerprint density at radius 3 is 2.82 bits per heavy atom. The highest BCUT2D eigenvalue weighted by atomic mass is 35.5. The highest BCUT2D eigenvalue weighted by Gasteiger charge is 2.17. The van der Waals surface area contributed by atoms with E-state index >= 15 is 0 Å². The number of aromatic nitrogens is 1. The van der Waals surface area contributed by atoms with Gasteiger partial charge in [-0.1, -0.05) is 23.7 Å². The molecule has 0 bridgehead atoms. The minimum Gasteiger partial charge on any atom is -0.361 e. The van der Waals surface area contributed by atoms with Crippen LogP contribution in [0.5, 0.6) is 0 Å². The maximum absolute atomic E-state index is 11.3. The maximum Gasteiger partial charge on any atom is 0.224 e. The molecular weight excluding hydrogens is 298 g/mol. The summed E-state index contributed by atoms with van der Waals surface area (Å²) in [7, 11) is 4.13. The first-order valence-corrected chi connectivity index (χ1v) is 7.83. The average Bonchev–Trinajstić information content (AvgIpc) is 2.91. The second-order valence-corrected chi connectivity index (χ2v) is 6.31. The Kier molecular flexibility index (Phi) is 4.23. The number of carbonyl (C=O) groups is 1. The van der Waals surface area contributed by atoms with Crippen LogP contribution in [0.3, 0.4) is 0 Å². The van der Waals surface area contributed by atoms with Crippen LogP contribution in [-0.2, 0) is 11.2 Å². The van der Waals surface area contributed by atoms with Crippen LogP contribution >= 0.6 is 11.6 Å². The zero-order valence-corrected chi connectivity index (χ0v) is 13.6. The number of amides is 1. The molecule has 0 unspecified atom stereocenters. The summed E-state index contributed by atoms with van der Waals surface area (Å²) < 4.78 is 0. The summed E-state index contributed by atoms with van der Waals surface area (Å²) in [6.45, 7) is 1.52. The summed E-state index contributed by atoms with van der Waals surface area (Å²) >= 11 is 6.69. The molecular formula is C17H20ClN3O. The summed E-state index contributed by atoms with van der Waals surface area (Å²) in [6.07, 6.45) is 5.38. The number of carbonyl (C=O) groups excluding carboxylic acids is 1. The summed E-state index contributed by atoms with van der Waals surface area (Å²) in [6, 6.07) is 4.09. The zero-order valence-electron chi connectivity index (χ0n) is 12.9. The Balaban J connectivity index is 2.01. The predicted octanol–water partition coefficient (Wildman–Crippen LogP) is 2.83. The summed E-state index contributed by atoms with van der Waals surface area (Å²) in [5.74, 6) is 0.0641. The van der Waals surface area contributed by atoms with Gasteiger partial charge < -0.3 is 15.2 Å². The van der Waals surface area contributed by atoms with Crippen molar-refractivity contribution in [3.05, 3.63) is 40.6 Å². The molecule has 1 amide bonds. The van der Waals surface area contributed by atoms with Gasteiger partial charge in [-0.3, -0.25) is 4.79 Å². The van der Waals surface area contributed by atoms with Crippen molar-refractivity contribution in [3.8, 4) is 0 Å². The molecule has 1 aliphatic rings. The van der Waals surface area contributed by atoms with Crippen molar-refractivity contribution >= 4 is 34.0 Å². The highest BCUT2D eigenvalue weighted by molar-refractivity contribution is 6.37. The number of likely N-dealkylation sites (N-methyl/N-ethyl adjacent to an activating group) is 1. The van der Waals surface area contributed by atoms with E-state index in [1.807, 2.05) is 18.3 Å². The molecule has 3 rings (SSSR count). The molecule has 0 saturated carbocycles. The van der Waals surface area contributed by atoms with Crippen LogP contribution in [0.1, 0.15) is 17.5 Å². The lowest BCUT2D eigenvalue weighted by Gasteiger charge is -2.16. The molecule has 4 nitrogen and oxygen atoms in total. The summed E-state index contributed by atoms with van der Waals surface area (Å²) in [5, 5.41) is 4.74. The van der Waals surface area contributed by atoms with E-state index in [-0.39, 0.29) is 5.91 Å². The van der Waals surface area contributed by atoms with Gasteiger partial charge in [0, 0.05) is 36.6 Å². The van der Waals surface area contributed by atoms with Crippen molar-refractivity contribution in [2.45, 2.75) is 12.8 Å². The molecule has 2 heterocycles. The molecule has 0 spiro atoms. The normalized spacial score (nSPS) is 15.3. The Labute approximate surface area is 135 Å². The zero-order chi connectivity index (χ0) is 15.7. The third kappa shape index (κ3) is 2.89. The topological polar surface area (TPSA) is 48.1 Å². The average molecular weight is 318 g/mol. The summed E-state index contributed by atoms with van der Waals surface area (Å²) in [4.78, 5) is 16.8. The van der Waals surface area contributed by atoms with Gasteiger partial charge in [-0.05, 0) is 43.3 Å². The van der Waals surface area contributed by atoms with Crippen molar-refractivity contribution in [3.63, 3.8) is 0 Å². The van der Waals surface area contributed by atoms with Crippen LogP contribution in [-0.4, -0.2) is 43.0 Å². The Morgan fingerprint density at radius 1 is 1.32 bits per heavy atom. The van der Waals surface area contributed by atoms with Gasteiger partial charge in [-0.15, -0.1) is 0 Å². The van der Waals surface area contributed by atoms with E-state index in [1.54, 1.807) is 0 Å². The first kappa shape index (κ1) is 15.1. The fraction of sp³-hybridized carbons (Fsp3) is 0.353. The van der Waals surface area contributed by atoms with Gasteiger partial charge in [0.2, 0.25) is 5.91 Å². The highest BCUT2D eigenvalue weighted by Crippen LogP contribution is 2.34. The molecule has 0 saturated heterocycles. The van der Waals surface area contributed by atoms with Crippen molar-refractivity contribution in [2.24, 2.45) is 0 Å². The molecule has 0 aliphatic carbocycles.